The SMILES string of the molecule is COc1cc2c(cc1NC(=O)C1CC13CCNCC3)oc1ccccc12. The Morgan fingerprint density at radius 2 is 2.00 bits per heavy atom. The third kappa shape index (κ3) is 2.38. The molecule has 1 saturated heterocycles. The predicted molar refractivity (Wildman–Crippen MR) is 102 cm³/mol. The first kappa shape index (κ1) is 15.7. The Labute approximate surface area is 151 Å². The Morgan fingerprint density at radius 1 is 1.19 bits per heavy atom. The number of hydrogen-bond donors (Lipinski definition) is 2. The summed E-state index contributed by atoms with van der Waals surface area (Å²) in [5, 5.41) is 8.51. The number of ether oxygens (including phenoxy) is 1. The topological polar surface area (TPSA) is 63.5 Å². The van der Waals surface area contributed by atoms with Crippen LogP contribution in [0.15, 0.2) is 40.8 Å². The van der Waals surface area contributed by atoms with Crippen LogP contribution < -0.4 is 15.4 Å². The van der Waals surface area contributed by atoms with Gasteiger partial charge in [0.1, 0.15) is 16.9 Å². The molecule has 2 fully saturated rings. The van der Waals surface area contributed by atoms with Crippen LogP contribution in [-0.4, -0.2) is 26.1 Å². The van der Waals surface area contributed by atoms with Crippen LogP contribution in [-0.2, 0) is 4.79 Å². The number of carbonyl (C=O) groups is 1. The van der Waals surface area contributed by atoms with Crippen molar-refractivity contribution in [1.29, 1.82) is 0 Å². The predicted octanol–water partition coefficient (Wildman–Crippen LogP) is 3.92. The number of amides is 1. The van der Waals surface area contributed by atoms with Crippen LogP contribution in [0.25, 0.3) is 21.9 Å². The quantitative estimate of drug-likeness (QED) is 0.751. The van der Waals surface area contributed by atoms with Gasteiger partial charge < -0.3 is 19.8 Å². The molecule has 1 unspecified atom stereocenters. The zero-order chi connectivity index (χ0) is 17.7. The number of carbonyl (C=O) groups excluding carboxylic acids is 1. The molecule has 134 valence electrons. The molecule has 1 amide bonds. The molecule has 2 aliphatic rings. The van der Waals surface area contributed by atoms with Crippen molar-refractivity contribution >= 4 is 33.5 Å². The molecule has 1 aliphatic carbocycles. The maximum absolute atomic E-state index is 12.8. The maximum atomic E-state index is 12.8. The summed E-state index contributed by atoms with van der Waals surface area (Å²) in [6.07, 6.45) is 3.17. The van der Waals surface area contributed by atoms with Gasteiger partial charge in [0.15, 0.2) is 0 Å². The van der Waals surface area contributed by atoms with Crippen molar-refractivity contribution in [2.75, 3.05) is 25.5 Å². The number of benzene rings is 2. The third-order valence-electron chi connectivity index (χ3n) is 6.06. The lowest BCUT2D eigenvalue weighted by Gasteiger charge is -2.23. The third-order valence-corrected chi connectivity index (χ3v) is 6.06. The summed E-state index contributed by atoms with van der Waals surface area (Å²) in [5.41, 5.74) is 2.49. The highest BCUT2D eigenvalue weighted by Crippen LogP contribution is 2.59. The summed E-state index contributed by atoms with van der Waals surface area (Å²) >= 11 is 0. The fourth-order valence-corrected chi connectivity index (χ4v) is 4.43. The summed E-state index contributed by atoms with van der Waals surface area (Å²) in [6.45, 7) is 2.02. The first-order chi connectivity index (χ1) is 12.7. The van der Waals surface area contributed by atoms with E-state index in [-0.39, 0.29) is 17.2 Å². The number of nitrogens with one attached hydrogen (secondary N) is 2. The van der Waals surface area contributed by atoms with Crippen molar-refractivity contribution in [3.63, 3.8) is 0 Å². The lowest BCUT2D eigenvalue weighted by Crippen LogP contribution is -2.31. The first-order valence-corrected chi connectivity index (χ1v) is 9.21. The summed E-state index contributed by atoms with van der Waals surface area (Å²) in [6, 6.07) is 11.8. The number of rotatable bonds is 3. The van der Waals surface area contributed by atoms with Crippen molar-refractivity contribution in [2.45, 2.75) is 19.3 Å². The average molecular weight is 350 g/mol. The van der Waals surface area contributed by atoms with E-state index in [0.29, 0.717) is 11.4 Å². The van der Waals surface area contributed by atoms with Gasteiger partial charge in [0, 0.05) is 22.8 Å². The highest BCUT2D eigenvalue weighted by molar-refractivity contribution is 6.08. The van der Waals surface area contributed by atoms with Gasteiger partial charge in [-0.15, -0.1) is 0 Å². The van der Waals surface area contributed by atoms with E-state index in [4.69, 9.17) is 9.15 Å². The van der Waals surface area contributed by atoms with Gasteiger partial charge in [-0.1, -0.05) is 18.2 Å². The lowest BCUT2D eigenvalue weighted by atomic mass is 9.92. The normalized spacial score (nSPS) is 21.2. The molecule has 3 aromatic rings. The summed E-state index contributed by atoms with van der Waals surface area (Å²) in [7, 11) is 1.63. The molecule has 1 aliphatic heterocycles. The Morgan fingerprint density at radius 3 is 2.81 bits per heavy atom. The van der Waals surface area contributed by atoms with Gasteiger partial charge in [-0.25, -0.2) is 0 Å². The molecular formula is C21H22N2O3. The monoisotopic (exact) mass is 350 g/mol. The van der Waals surface area contributed by atoms with Crippen LogP contribution in [0.4, 0.5) is 5.69 Å². The van der Waals surface area contributed by atoms with Gasteiger partial charge in [-0.05, 0) is 49.9 Å². The largest absolute Gasteiger partial charge is 0.495 e. The maximum Gasteiger partial charge on any atom is 0.228 e. The number of methoxy groups -OCH3 is 1. The summed E-state index contributed by atoms with van der Waals surface area (Å²) in [5.74, 6) is 0.874. The van der Waals surface area contributed by atoms with E-state index >= 15 is 0 Å². The number of anilines is 1. The minimum Gasteiger partial charge on any atom is -0.495 e. The number of para-hydroxylation sites is 1. The highest BCUT2D eigenvalue weighted by Gasteiger charge is 2.57. The van der Waals surface area contributed by atoms with Gasteiger partial charge in [-0.2, -0.15) is 0 Å². The molecule has 1 spiro atoms. The molecule has 26 heavy (non-hydrogen) atoms. The van der Waals surface area contributed by atoms with Crippen molar-refractivity contribution in [1.82, 2.24) is 5.32 Å². The Bertz CT molecular complexity index is 1000. The van der Waals surface area contributed by atoms with Crippen LogP contribution >= 0.6 is 0 Å². The summed E-state index contributed by atoms with van der Waals surface area (Å²) < 4.78 is 11.5. The van der Waals surface area contributed by atoms with Crippen LogP contribution in [0.5, 0.6) is 5.75 Å². The van der Waals surface area contributed by atoms with Gasteiger partial charge in [0.25, 0.3) is 0 Å². The van der Waals surface area contributed by atoms with Gasteiger partial charge in [0.2, 0.25) is 5.91 Å². The Balaban J connectivity index is 1.46. The second-order valence-corrected chi connectivity index (χ2v) is 7.51. The lowest BCUT2D eigenvalue weighted by molar-refractivity contribution is -0.118. The van der Waals surface area contributed by atoms with E-state index in [1.165, 1.54) is 0 Å². The van der Waals surface area contributed by atoms with Crippen molar-refractivity contribution < 1.29 is 13.9 Å². The molecule has 2 N–H and O–H groups in total. The molecular weight excluding hydrogens is 328 g/mol. The van der Waals surface area contributed by atoms with Gasteiger partial charge in [-0.3, -0.25) is 4.79 Å². The summed E-state index contributed by atoms with van der Waals surface area (Å²) in [4.78, 5) is 12.8. The van der Waals surface area contributed by atoms with Gasteiger partial charge >= 0.3 is 0 Å². The van der Waals surface area contributed by atoms with Crippen LogP contribution in [0.3, 0.4) is 0 Å². The molecule has 5 heteroatoms. The fourth-order valence-electron chi connectivity index (χ4n) is 4.43. The smallest absolute Gasteiger partial charge is 0.228 e. The van der Waals surface area contributed by atoms with E-state index < -0.39 is 0 Å². The highest BCUT2D eigenvalue weighted by atomic mass is 16.5. The number of piperidine rings is 1. The second kappa shape index (κ2) is 5.74. The fraction of sp³-hybridized carbons (Fsp3) is 0.381. The van der Waals surface area contributed by atoms with Crippen LogP contribution in [0.2, 0.25) is 0 Å². The molecule has 0 radical (unpaired) electrons. The average Bonchev–Trinajstić information content (AvgIpc) is 3.23. The second-order valence-electron chi connectivity index (χ2n) is 7.51. The van der Waals surface area contributed by atoms with Crippen molar-refractivity contribution in [3.8, 4) is 5.75 Å². The molecule has 0 bridgehead atoms. The zero-order valence-electron chi connectivity index (χ0n) is 14.8. The number of fused-ring (bicyclic) bond motifs is 3. The molecule has 2 aromatic carbocycles. The van der Waals surface area contributed by atoms with E-state index in [2.05, 4.69) is 10.6 Å². The van der Waals surface area contributed by atoms with E-state index in [9.17, 15) is 4.79 Å². The molecule has 5 nitrogen and oxygen atoms in total. The molecule has 2 heterocycles. The number of hydrogen-bond acceptors (Lipinski definition) is 4. The number of furan rings is 1. The minimum atomic E-state index is 0.0978. The van der Waals surface area contributed by atoms with Crippen molar-refractivity contribution in [3.05, 3.63) is 36.4 Å². The molecule has 1 atom stereocenters. The Kier molecular flexibility index (Phi) is 3.47. The van der Waals surface area contributed by atoms with E-state index in [0.717, 1.165) is 54.3 Å². The van der Waals surface area contributed by atoms with Gasteiger partial charge in [0.05, 0.1) is 12.8 Å². The standard InChI is InChI=1S/C21H22N2O3/c1-25-19-10-14-13-4-2-3-5-17(13)26-18(14)11-16(19)23-20(24)15-12-21(15)6-8-22-9-7-21/h2-5,10-11,15,22H,6-9,12H2,1H3,(H,23,24). The Hall–Kier alpha value is -2.53. The van der Waals surface area contributed by atoms with Crippen LogP contribution in [0.1, 0.15) is 19.3 Å². The van der Waals surface area contributed by atoms with E-state index in [1.54, 1.807) is 7.11 Å². The van der Waals surface area contributed by atoms with Crippen LogP contribution in [0, 0.1) is 11.3 Å². The first-order valence-electron chi connectivity index (χ1n) is 9.21. The zero-order valence-corrected chi connectivity index (χ0v) is 14.8. The van der Waals surface area contributed by atoms with Crippen molar-refractivity contribution in [2.24, 2.45) is 11.3 Å². The van der Waals surface area contributed by atoms with E-state index in [1.807, 2.05) is 36.4 Å². The molecule has 1 aromatic heterocycles. The minimum absolute atomic E-state index is 0.0978. The molecule has 5 rings (SSSR count). The molecule has 1 saturated carbocycles.